The predicted octanol–water partition coefficient (Wildman–Crippen LogP) is 4.82. The van der Waals surface area contributed by atoms with Crippen LogP contribution in [0.5, 0.6) is 0 Å². The fourth-order valence-electron chi connectivity index (χ4n) is 5.98. The summed E-state index contributed by atoms with van der Waals surface area (Å²) >= 11 is 0. The fourth-order valence-corrected chi connectivity index (χ4v) is 6.87. The van der Waals surface area contributed by atoms with Crippen LogP contribution in [-0.2, 0) is 21.8 Å². The number of anilines is 2. The van der Waals surface area contributed by atoms with Gasteiger partial charge in [-0.25, -0.2) is 28.2 Å². The Morgan fingerprint density at radius 2 is 1.80 bits per heavy atom. The van der Waals surface area contributed by atoms with Crippen molar-refractivity contribution in [1.82, 2.24) is 20.3 Å². The molecule has 3 heterocycles. The number of urea groups is 1. The summed E-state index contributed by atoms with van der Waals surface area (Å²) < 4.78 is 24.2. The second kappa shape index (κ2) is 10.1. The minimum absolute atomic E-state index is 0.0603. The minimum atomic E-state index is -3.25. The van der Waals surface area contributed by atoms with Gasteiger partial charge in [0.2, 0.25) is 0 Å². The molecular weight excluding hydrogens is 524 g/mol. The summed E-state index contributed by atoms with van der Waals surface area (Å²) in [4.78, 5) is 32.5. The summed E-state index contributed by atoms with van der Waals surface area (Å²) in [5, 5.41) is 3.04. The molecule has 3 aromatic rings. The second-order valence-electron chi connectivity index (χ2n) is 11.5. The standard InChI is InChI=1S/C30H36N6O3S/c1-4-40(38,39)22-11-7-20(8-12-22)17-32-29(37)36-19-30(15-5-6-16-30)28-24(36)14-13-23(33-28)27-26(21-9-10-21)34-25(18-31-27)35(2)3/h7-8,11-14,18,21H,4-6,9-10,15-17,19H2,1-3H3,(H,32,37). The number of sulfone groups is 1. The summed E-state index contributed by atoms with van der Waals surface area (Å²) in [5.74, 6) is 1.34. The Balaban J connectivity index is 1.26. The molecule has 2 aromatic heterocycles. The molecule has 1 aromatic carbocycles. The molecule has 0 radical (unpaired) electrons. The average molecular weight is 561 g/mol. The smallest absolute Gasteiger partial charge is 0.322 e. The van der Waals surface area contributed by atoms with E-state index >= 15 is 0 Å². The lowest BCUT2D eigenvalue weighted by Gasteiger charge is -2.24. The molecule has 0 unspecified atom stereocenters. The van der Waals surface area contributed by atoms with Crippen molar-refractivity contribution in [2.45, 2.75) is 68.2 Å². The average Bonchev–Trinajstić information content (AvgIpc) is 3.63. The Morgan fingerprint density at radius 1 is 1.07 bits per heavy atom. The van der Waals surface area contributed by atoms with Gasteiger partial charge >= 0.3 is 6.03 Å². The van der Waals surface area contributed by atoms with E-state index < -0.39 is 9.84 Å². The van der Waals surface area contributed by atoms with Crippen molar-refractivity contribution >= 4 is 27.4 Å². The van der Waals surface area contributed by atoms with E-state index in [4.69, 9.17) is 15.0 Å². The number of fused-ring (bicyclic) bond motifs is 2. The number of aromatic nitrogens is 3. The highest BCUT2D eigenvalue weighted by molar-refractivity contribution is 7.91. The molecule has 2 amide bonds. The van der Waals surface area contributed by atoms with E-state index in [1.165, 1.54) is 0 Å². The molecule has 2 saturated carbocycles. The van der Waals surface area contributed by atoms with Gasteiger partial charge in [0.15, 0.2) is 9.84 Å². The highest BCUT2D eigenvalue weighted by Gasteiger charge is 2.48. The largest absolute Gasteiger partial charge is 0.361 e. The maximum Gasteiger partial charge on any atom is 0.322 e. The van der Waals surface area contributed by atoms with Gasteiger partial charge in [-0.2, -0.15) is 0 Å². The van der Waals surface area contributed by atoms with Gasteiger partial charge in [-0.05, 0) is 55.5 Å². The van der Waals surface area contributed by atoms with Crippen molar-refractivity contribution in [3.05, 3.63) is 59.5 Å². The van der Waals surface area contributed by atoms with Crippen LogP contribution in [0.2, 0.25) is 0 Å². The first kappa shape index (κ1) is 26.7. The molecule has 0 bridgehead atoms. The zero-order valence-electron chi connectivity index (χ0n) is 23.4. The fraction of sp³-hybridized carbons (Fsp3) is 0.467. The number of pyridine rings is 1. The Hall–Kier alpha value is -3.53. The summed E-state index contributed by atoms with van der Waals surface area (Å²) in [6.07, 6.45) is 8.32. The quantitative estimate of drug-likeness (QED) is 0.441. The van der Waals surface area contributed by atoms with Gasteiger partial charge in [-0.3, -0.25) is 4.90 Å². The molecule has 3 aliphatic rings. The van der Waals surface area contributed by atoms with E-state index in [1.54, 1.807) is 31.2 Å². The summed E-state index contributed by atoms with van der Waals surface area (Å²) in [7, 11) is 0.699. The van der Waals surface area contributed by atoms with Crippen LogP contribution in [0.4, 0.5) is 16.3 Å². The molecule has 9 nitrogen and oxygen atoms in total. The first-order valence-electron chi connectivity index (χ1n) is 14.1. The Kier molecular flexibility index (Phi) is 6.76. The predicted molar refractivity (Wildman–Crippen MR) is 155 cm³/mol. The van der Waals surface area contributed by atoms with E-state index in [0.29, 0.717) is 23.9 Å². The highest BCUT2D eigenvalue weighted by Crippen LogP contribution is 2.50. The molecule has 1 N–H and O–H groups in total. The van der Waals surface area contributed by atoms with Crippen molar-refractivity contribution in [1.29, 1.82) is 0 Å². The first-order chi connectivity index (χ1) is 19.2. The van der Waals surface area contributed by atoms with Gasteiger partial charge in [0, 0.05) is 38.5 Å². The molecule has 10 heteroatoms. The van der Waals surface area contributed by atoms with Gasteiger partial charge < -0.3 is 10.2 Å². The Labute approximate surface area is 236 Å². The van der Waals surface area contributed by atoms with Crippen LogP contribution in [-0.4, -0.2) is 55.8 Å². The van der Waals surface area contributed by atoms with E-state index in [0.717, 1.165) is 78.4 Å². The monoisotopic (exact) mass is 560 g/mol. The molecule has 0 atom stereocenters. The van der Waals surface area contributed by atoms with Crippen molar-refractivity contribution in [3.63, 3.8) is 0 Å². The number of hydrogen-bond acceptors (Lipinski definition) is 7. The van der Waals surface area contributed by atoms with Crippen LogP contribution in [0, 0.1) is 0 Å². The van der Waals surface area contributed by atoms with Crippen LogP contribution in [0.3, 0.4) is 0 Å². The summed E-state index contributed by atoms with van der Waals surface area (Å²) in [5.41, 5.74) is 5.25. The SMILES string of the molecule is CCS(=O)(=O)c1ccc(CNC(=O)N2CC3(CCCC3)c3nc(-c4ncc(N(C)C)nc4C4CC4)ccc32)cc1. The zero-order chi connectivity index (χ0) is 28.1. The third-order valence-electron chi connectivity index (χ3n) is 8.49. The lowest BCUT2D eigenvalue weighted by atomic mass is 9.84. The molecule has 40 heavy (non-hydrogen) atoms. The summed E-state index contributed by atoms with van der Waals surface area (Å²) in [6, 6.07) is 10.6. The minimum Gasteiger partial charge on any atom is -0.361 e. The Morgan fingerprint density at radius 3 is 2.45 bits per heavy atom. The molecule has 1 spiro atoms. The third-order valence-corrected chi connectivity index (χ3v) is 10.2. The lowest BCUT2D eigenvalue weighted by Crippen LogP contribution is -2.41. The second-order valence-corrected chi connectivity index (χ2v) is 13.8. The van der Waals surface area contributed by atoms with Crippen molar-refractivity contribution in [2.75, 3.05) is 36.2 Å². The summed E-state index contributed by atoms with van der Waals surface area (Å²) in [6.45, 7) is 2.56. The molecule has 6 rings (SSSR count). The van der Waals surface area contributed by atoms with E-state index in [-0.39, 0.29) is 17.2 Å². The first-order valence-corrected chi connectivity index (χ1v) is 15.8. The van der Waals surface area contributed by atoms with Crippen molar-refractivity contribution in [3.8, 4) is 11.4 Å². The number of hydrogen-bond donors (Lipinski definition) is 1. The van der Waals surface area contributed by atoms with E-state index in [1.807, 2.05) is 42.2 Å². The number of nitrogens with one attached hydrogen (secondary N) is 1. The normalized spacial score (nSPS) is 17.7. The molecule has 2 fully saturated rings. The highest BCUT2D eigenvalue weighted by atomic mass is 32.2. The van der Waals surface area contributed by atoms with Gasteiger partial charge in [0.05, 0.1) is 39.6 Å². The van der Waals surface area contributed by atoms with Crippen molar-refractivity contribution < 1.29 is 13.2 Å². The number of benzene rings is 1. The van der Waals surface area contributed by atoms with Crippen LogP contribution < -0.4 is 15.1 Å². The Bertz CT molecular complexity index is 1540. The maximum atomic E-state index is 13.5. The van der Waals surface area contributed by atoms with Gasteiger partial charge in [0.25, 0.3) is 0 Å². The number of carbonyl (C=O) groups excluding carboxylic acids is 1. The molecule has 0 saturated heterocycles. The molecule has 2 aliphatic carbocycles. The van der Waals surface area contributed by atoms with Crippen LogP contribution >= 0.6 is 0 Å². The number of carbonyl (C=O) groups is 1. The lowest BCUT2D eigenvalue weighted by molar-refractivity contribution is 0.245. The van der Waals surface area contributed by atoms with Crippen molar-refractivity contribution in [2.24, 2.45) is 0 Å². The van der Waals surface area contributed by atoms with Crippen LogP contribution in [0.15, 0.2) is 47.5 Å². The number of nitrogens with zero attached hydrogens (tertiary/aromatic N) is 5. The van der Waals surface area contributed by atoms with Gasteiger partial charge in [-0.15, -0.1) is 0 Å². The van der Waals surface area contributed by atoms with Crippen LogP contribution in [0.1, 0.15) is 68.3 Å². The number of rotatable bonds is 7. The third kappa shape index (κ3) is 4.82. The van der Waals surface area contributed by atoms with E-state index in [2.05, 4.69) is 5.32 Å². The number of amides is 2. The van der Waals surface area contributed by atoms with Crippen LogP contribution in [0.25, 0.3) is 11.4 Å². The zero-order valence-corrected chi connectivity index (χ0v) is 24.2. The van der Waals surface area contributed by atoms with Gasteiger partial charge in [-0.1, -0.05) is 31.9 Å². The molecular formula is C30H36N6O3S. The van der Waals surface area contributed by atoms with Gasteiger partial charge in [0.1, 0.15) is 11.5 Å². The van der Waals surface area contributed by atoms with E-state index in [9.17, 15) is 13.2 Å². The molecule has 210 valence electrons. The topological polar surface area (TPSA) is 108 Å². The maximum absolute atomic E-state index is 13.5. The molecule has 1 aliphatic heterocycles.